The number of nitrogens with one attached hydrogen (secondary N) is 1. The van der Waals surface area contributed by atoms with E-state index in [2.05, 4.69) is 31.4 Å². The number of benzene rings is 1. The number of rotatable bonds is 6. The van der Waals surface area contributed by atoms with Gasteiger partial charge in [-0.25, -0.2) is 13.8 Å². The van der Waals surface area contributed by atoms with Gasteiger partial charge in [-0.05, 0) is 36.4 Å². The lowest BCUT2D eigenvalue weighted by Gasteiger charge is -2.16. The van der Waals surface area contributed by atoms with Crippen LogP contribution in [0, 0.1) is 0 Å². The van der Waals surface area contributed by atoms with Crippen molar-refractivity contribution in [1.82, 2.24) is 14.7 Å². The Hall–Kier alpha value is -2.10. The smallest absolute Gasteiger partial charge is 0.255 e. The van der Waals surface area contributed by atoms with Gasteiger partial charge in [0.1, 0.15) is 0 Å². The van der Waals surface area contributed by atoms with Gasteiger partial charge in [-0.3, -0.25) is 9.78 Å². The second-order valence-electron chi connectivity index (χ2n) is 4.76. The van der Waals surface area contributed by atoms with Gasteiger partial charge in [-0.15, -0.1) is 0 Å². The predicted molar refractivity (Wildman–Crippen MR) is 93.9 cm³/mol. The molecule has 1 aromatic carbocycles. The molecule has 2 rings (SSSR count). The van der Waals surface area contributed by atoms with E-state index in [0.717, 1.165) is 8.78 Å². The molecule has 0 saturated carbocycles. The maximum absolute atomic E-state index is 12.4. The second kappa shape index (κ2) is 8.13. The molecule has 9 heteroatoms. The highest BCUT2D eigenvalue weighted by Crippen LogP contribution is 2.17. The molecule has 1 amide bonds. The van der Waals surface area contributed by atoms with Gasteiger partial charge in [0, 0.05) is 17.7 Å². The Bertz CT molecular complexity index is 824. The summed E-state index contributed by atoms with van der Waals surface area (Å²) >= 11 is 3.24. The van der Waals surface area contributed by atoms with E-state index in [1.807, 2.05) is 0 Å². The molecule has 0 aliphatic heterocycles. The standard InChI is InChI=1S/C15H15BrN4O3S/c1-20(24(22,23)14-7-5-12(16)6-8-14)11-15(21)19-18-10-13-4-2-3-9-17-13/h2-10H,11H2,1H3,(H,19,21)/b18-10-. The van der Waals surface area contributed by atoms with Gasteiger partial charge in [0.2, 0.25) is 10.0 Å². The van der Waals surface area contributed by atoms with Crippen LogP contribution in [0.1, 0.15) is 5.69 Å². The zero-order chi connectivity index (χ0) is 17.6. The number of hydrogen-bond acceptors (Lipinski definition) is 5. The average molecular weight is 411 g/mol. The van der Waals surface area contributed by atoms with Crippen LogP contribution in [0.25, 0.3) is 0 Å². The molecule has 0 fully saturated rings. The molecule has 0 unspecified atom stereocenters. The van der Waals surface area contributed by atoms with E-state index >= 15 is 0 Å². The molecule has 126 valence electrons. The van der Waals surface area contributed by atoms with E-state index in [9.17, 15) is 13.2 Å². The van der Waals surface area contributed by atoms with Crippen molar-refractivity contribution in [2.45, 2.75) is 4.90 Å². The third kappa shape index (κ3) is 4.95. The summed E-state index contributed by atoms with van der Waals surface area (Å²) in [5.74, 6) is -0.551. The fraction of sp³-hybridized carbons (Fsp3) is 0.133. The van der Waals surface area contributed by atoms with E-state index in [-0.39, 0.29) is 11.4 Å². The second-order valence-corrected chi connectivity index (χ2v) is 7.72. The first-order valence-corrected chi connectivity index (χ1v) is 9.08. The van der Waals surface area contributed by atoms with E-state index in [0.29, 0.717) is 5.69 Å². The SMILES string of the molecule is CN(CC(=O)N/N=C\c1ccccn1)S(=O)(=O)c1ccc(Br)cc1. The van der Waals surface area contributed by atoms with Crippen LogP contribution in [0.5, 0.6) is 0 Å². The van der Waals surface area contributed by atoms with Crippen molar-refractivity contribution in [2.75, 3.05) is 13.6 Å². The molecule has 1 aromatic heterocycles. The minimum Gasteiger partial charge on any atom is -0.272 e. The van der Waals surface area contributed by atoms with Crippen LogP contribution in [0.2, 0.25) is 0 Å². The Balaban J connectivity index is 1.95. The monoisotopic (exact) mass is 410 g/mol. The van der Waals surface area contributed by atoms with E-state index in [4.69, 9.17) is 0 Å². The zero-order valence-corrected chi connectivity index (χ0v) is 15.2. The number of aromatic nitrogens is 1. The van der Waals surface area contributed by atoms with Gasteiger partial charge in [0.25, 0.3) is 5.91 Å². The van der Waals surface area contributed by atoms with Crippen LogP contribution in [0.4, 0.5) is 0 Å². The first kappa shape index (κ1) is 18.2. The number of pyridine rings is 1. The van der Waals surface area contributed by atoms with Crippen LogP contribution >= 0.6 is 15.9 Å². The van der Waals surface area contributed by atoms with Crippen molar-refractivity contribution in [3.8, 4) is 0 Å². The number of likely N-dealkylation sites (N-methyl/N-ethyl adjacent to an activating group) is 1. The number of sulfonamides is 1. The van der Waals surface area contributed by atoms with Crippen LogP contribution in [0.3, 0.4) is 0 Å². The topological polar surface area (TPSA) is 91.7 Å². The highest BCUT2D eigenvalue weighted by Gasteiger charge is 2.22. The first-order valence-electron chi connectivity index (χ1n) is 6.84. The number of hydrogen-bond donors (Lipinski definition) is 1. The third-order valence-electron chi connectivity index (χ3n) is 2.96. The summed E-state index contributed by atoms with van der Waals surface area (Å²) in [7, 11) is -2.41. The van der Waals surface area contributed by atoms with Gasteiger partial charge in [0.15, 0.2) is 0 Å². The molecular formula is C15H15BrN4O3S. The molecule has 2 aromatic rings. The molecular weight excluding hydrogens is 396 g/mol. The van der Waals surface area contributed by atoms with Crippen molar-refractivity contribution in [1.29, 1.82) is 0 Å². The summed E-state index contributed by atoms with van der Waals surface area (Å²) in [5, 5.41) is 3.75. The van der Waals surface area contributed by atoms with Crippen LogP contribution in [-0.4, -0.2) is 43.4 Å². The molecule has 24 heavy (non-hydrogen) atoms. The van der Waals surface area contributed by atoms with Crippen LogP contribution in [-0.2, 0) is 14.8 Å². The molecule has 1 heterocycles. The number of amides is 1. The summed E-state index contributed by atoms with van der Waals surface area (Å²) in [4.78, 5) is 15.9. The molecule has 0 radical (unpaired) electrons. The number of carbonyl (C=O) groups excluding carboxylic acids is 1. The average Bonchev–Trinajstić information content (AvgIpc) is 2.56. The molecule has 7 nitrogen and oxygen atoms in total. The Labute approximate surface area is 148 Å². The predicted octanol–water partition coefficient (Wildman–Crippen LogP) is 1.61. The molecule has 0 bridgehead atoms. The van der Waals surface area contributed by atoms with Gasteiger partial charge in [-0.1, -0.05) is 22.0 Å². The van der Waals surface area contributed by atoms with Gasteiger partial charge >= 0.3 is 0 Å². The Morgan fingerprint density at radius 3 is 2.62 bits per heavy atom. The minimum absolute atomic E-state index is 0.109. The number of nitrogens with zero attached hydrogens (tertiary/aromatic N) is 3. The molecule has 0 atom stereocenters. The van der Waals surface area contributed by atoms with Crippen molar-refractivity contribution >= 4 is 38.1 Å². The summed E-state index contributed by atoms with van der Waals surface area (Å²) in [6, 6.07) is 11.4. The first-order chi connectivity index (χ1) is 11.4. The molecule has 0 aliphatic rings. The number of carbonyl (C=O) groups is 1. The highest BCUT2D eigenvalue weighted by atomic mass is 79.9. The van der Waals surface area contributed by atoms with Gasteiger partial charge in [-0.2, -0.15) is 9.41 Å². The summed E-state index contributed by atoms with van der Waals surface area (Å²) in [6.45, 7) is -0.349. The maximum Gasteiger partial charge on any atom is 0.255 e. The van der Waals surface area contributed by atoms with Gasteiger partial charge < -0.3 is 0 Å². The third-order valence-corrected chi connectivity index (χ3v) is 5.31. The van der Waals surface area contributed by atoms with Crippen molar-refractivity contribution in [3.05, 3.63) is 58.8 Å². The summed E-state index contributed by atoms with van der Waals surface area (Å²) in [5.41, 5.74) is 2.85. The van der Waals surface area contributed by atoms with E-state index in [1.54, 1.807) is 36.5 Å². The highest BCUT2D eigenvalue weighted by molar-refractivity contribution is 9.10. The Morgan fingerprint density at radius 2 is 2.00 bits per heavy atom. The number of halogens is 1. The van der Waals surface area contributed by atoms with Crippen molar-refractivity contribution < 1.29 is 13.2 Å². The normalized spacial score (nSPS) is 11.8. The lowest BCUT2D eigenvalue weighted by molar-refractivity contribution is -0.121. The van der Waals surface area contributed by atoms with Crippen molar-refractivity contribution in [3.63, 3.8) is 0 Å². The molecule has 0 saturated heterocycles. The van der Waals surface area contributed by atoms with Crippen molar-refractivity contribution in [2.24, 2.45) is 5.10 Å². The number of hydrazone groups is 1. The minimum atomic E-state index is -3.74. The molecule has 0 aliphatic carbocycles. The quantitative estimate of drug-likeness (QED) is 0.578. The van der Waals surface area contributed by atoms with Crippen LogP contribution < -0.4 is 5.43 Å². The van der Waals surface area contributed by atoms with E-state index < -0.39 is 15.9 Å². The lowest BCUT2D eigenvalue weighted by atomic mass is 10.4. The van der Waals surface area contributed by atoms with Crippen LogP contribution in [0.15, 0.2) is 63.1 Å². The summed E-state index contributed by atoms with van der Waals surface area (Å²) in [6.07, 6.45) is 2.98. The fourth-order valence-electron chi connectivity index (χ4n) is 1.73. The fourth-order valence-corrected chi connectivity index (χ4v) is 3.12. The maximum atomic E-state index is 12.4. The lowest BCUT2D eigenvalue weighted by Crippen LogP contribution is -2.36. The molecule has 0 spiro atoms. The van der Waals surface area contributed by atoms with Gasteiger partial charge in [0.05, 0.1) is 23.3 Å². The Kier molecular flexibility index (Phi) is 6.18. The summed E-state index contributed by atoms with van der Waals surface area (Å²) < 4.78 is 26.4. The largest absolute Gasteiger partial charge is 0.272 e. The van der Waals surface area contributed by atoms with E-state index in [1.165, 1.54) is 25.4 Å². The molecule has 1 N–H and O–H groups in total. The zero-order valence-electron chi connectivity index (χ0n) is 12.8. The Morgan fingerprint density at radius 1 is 1.29 bits per heavy atom.